The van der Waals surface area contributed by atoms with Crippen molar-refractivity contribution in [2.75, 3.05) is 35.4 Å². The average Bonchev–Trinajstić information content (AvgIpc) is 1.73. The number of carboxylic acids is 1. The predicted octanol–water partition coefficient (Wildman–Crippen LogP) is 8.81. The van der Waals surface area contributed by atoms with Crippen LogP contribution in [0.4, 0.5) is 21.2 Å². The van der Waals surface area contributed by atoms with Gasteiger partial charge in [0.25, 0.3) is 11.8 Å². The van der Waals surface area contributed by atoms with Gasteiger partial charge in [0.2, 0.25) is 0 Å². The summed E-state index contributed by atoms with van der Waals surface area (Å²) in [5.74, 6) is 12.1. The largest absolute Gasteiger partial charge is 1.00 e. The average molecular weight is 1190 g/mol. The van der Waals surface area contributed by atoms with Crippen LogP contribution in [0.2, 0.25) is 0 Å². The van der Waals surface area contributed by atoms with Gasteiger partial charge in [-0.15, -0.1) is 0 Å². The van der Waals surface area contributed by atoms with Crippen molar-refractivity contribution in [2.45, 2.75) is 110 Å². The fourth-order valence-corrected chi connectivity index (χ4v) is 10.3. The van der Waals surface area contributed by atoms with E-state index in [0.717, 1.165) is 52.6 Å². The number of Topliss-reactive ketones (excluding diaryl/α,β-unsaturated/α-hetero) is 1. The number of amides is 4. The molecule has 0 aliphatic carbocycles. The van der Waals surface area contributed by atoms with Crippen molar-refractivity contribution in [3.8, 4) is 44.8 Å². The van der Waals surface area contributed by atoms with Crippen LogP contribution in [0.15, 0.2) is 146 Å². The number of carbonyl (C=O) groups excluding carboxylic acids is 5. The number of hydrogen-bond donors (Lipinski definition) is 5. The van der Waals surface area contributed by atoms with Crippen molar-refractivity contribution in [1.29, 1.82) is 0 Å². The number of ether oxygens (including phenoxy) is 2. The summed E-state index contributed by atoms with van der Waals surface area (Å²) < 4.78 is 13.6. The van der Waals surface area contributed by atoms with Crippen LogP contribution in [0, 0.1) is 0 Å². The van der Waals surface area contributed by atoms with E-state index >= 15 is 0 Å². The molecular formula is C65H71LiN12O10. The minimum atomic E-state index is -1.26. The summed E-state index contributed by atoms with van der Waals surface area (Å²) in [6.07, 6.45) is 6.87. The number of rotatable bonds is 12. The number of benzene rings is 4. The van der Waals surface area contributed by atoms with E-state index in [1.807, 2.05) is 99.6 Å². The summed E-state index contributed by atoms with van der Waals surface area (Å²) in [4.78, 5) is 98.3. The number of aromatic carboxylic acids is 1. The van der Waals surface area contributed by atoms with Crippen LogP contribution in [0.3, 0.4) is 0 Å². The Labute approximate surface area is 522 Å². The van der Waals surface area contributed by atoms with E-state index in [0.29, 0.717) is 71.3 Å². The number of hydrogen-bond acceptors (Lipinski definition) is 15. The summed E-state index contributed by atoms with van der Waals surface area (Å²) >= 11 is 0. The molecule has 2 aliphatic rings. The van der Waals surface area contributed by atoms with Gasteiger partial charge < -0.3 is 42.4 Å². The third-order valence-corrected chi connectivity index (χ3v) is 14.3. The molecule has 0 saturated carbocycles. The Morgan fingerprint density at radius 3 is 1.26 bits per heavy atom. The summed E-state index contributed by atoms with van der Waals surface area (Å²) in [6, 6.07) is 39.2. The number of nitrogen functional groups attached to an aromatic ring is 2. The van der Waals surface area contributed by atoms with Crippen molar-refractivity contribution < 1.29 is 67.7 Å². The molecule has 0 spiro atoms. The molecule has 6 heterocycles. The van der Waals surface area contributed by atoms with E-state index in [1.165, 1.54) is 11.6 Å². The first-order chi connectivity index (χ1) is 41.0. The number of nitrogens with one attached hydrogen (secondary N) is 2. The summed E-state index contributed by atoms with van der Waals surface area (Å²) in [5, 5.41) is 15.7. The molecule has 8 N–H and O–H groups in total. The van der Waals surface area contributed by atoms with Gasteiger partial charge in [-0.2, -0.15) is 0 Å². The van der Waals surface area contributed by atoms with E-state index in [1.54, 1.807) is 97.6 Å². The number of ketones is 1. The third kappa shape index (κ3) is 15.7. The van der Waals surface area contributed by atoms with Crippen LogP contribution < -0.4 is 41.2 Å². The molecule has 0 unspecified atom stereocenters. The van der Waals surface area contributed by atoms with Crippen molar-refractivity contribution in [3.05, 3.63) is 180 Å². The van der Waals surface area contributed by atoms with Crippen LogP contribution in [0.1, 0.15) is 152 Å². The van der Waals surface area contributed by atoms with Gasteiger partial charge in [-0.25, -0.2) is 43.7 Å². The Kier molecular flexibility index (Phi) is 21.2. The van der Waals surface area contributed by atoms with Crippen LogP contribution >= 0.6 is 0 Å². The minimum absolute atomic E-state index is 0. The van der Waals surface area contributed by atoms with E-state index in [4.69, 9.17) is 26.1 Å². The smallest absolute Gasteiger partial charge is 0.870 e. The normalized spacial score (nSPS) is 14.8. The van der Waals surface area contributed by atoms with E-state index in [2.05, 4.69) is 25.6 Å². The molecule has 0 radical (unpaired) electrons. The fourth-order valence-electron chi connectivity index (χ4n) is 10.3. The molecule has 8 aromatic rings. The van der Waals surface area contributed by atoms with Gasteiger partial charge in [0.15, 0.2) is 23.1 Å². The standard InChI is InChI=1S/C33H36N6O4.C32H34N6O5.Li.H2O/c1-21(40)29-28(37-30(39(29)34)26-12-8-9-19-38(26)32(42)43-33(2,3)4)23-13-15-24(16-14-23)31(41)36-27-20-25(17-18-35-27)22-10-6-5-7-11-22;1-32(2,3)43-31(42)37-18-8-7-11-24(37)28-36-26(27(30(40)41)38(28)33)21-12-14-22(15-13-21)29(39)35-25-19-23(16-17-34-25)20-9-5-4-6-10-20;;/h5-7,10-11,13-18,20,26H,8-9,12,19,34H2,1-4H3,(H,35,36,41);4-6,9-10,12-17,19,24H,7-8,11,18,33H2,1-3H3,(H,40,41)(H,34,35,39);;1H2/q;;+1;/p-1/t26-;24-;;/m00../s1. The molecule has 452 valence electrons. The van der Waals surface area contributed by atoms with Crippen molar-refractivity contribution in [3.63, 3.8) is 0 Å². The number of carbonyl (C=O) groups is 6. The van der Waals surface area contributed by atoms with Crippen molar-refractivity contribution in [1.82, 2.24) is 39.1 Å². The van der Waals surface area contributed by atoms with Gasteiger partial charge in [0.1, 0.15) is 39.9 Å². The number of pyridine rings is 2. The number of anilines is 2. The topological polar surface area (TPSA) is 315 Å². The predicted molar refractivity (Wildman–Crippen MR) is 329 cm³/mol. The Hall–Kier alpha value is -9.62. The Morgan fingerprint density at radius 2 is 0.898 bits per heavy atom. The molecular weight excluding hydrogens is 1120 g/mol. The van der Waals surface area contributed by atoms with E-state index < -0.39 is 41.4 Å². The summed E-state index contributed by atoms with van der Waals surface area (Å²) in [7, 11) is 0. The van der Waals surface area contributed by atoms with Crippen molar-refractivity contribution >= 4 is 47.4 Å². The zero-order chi connectivity index (χ0) is 61.5. The molecule has 2 fully saturated rings. The van der Waals surface area contributed by atoms with E-state index in [-0.39, 0.29) is 64.8 Å². The fraction of sp³-hybridized carbons (Fsp3) is 0.292. The minimum Gasteiger partial charge on any atom is -0.870 e. The first-order valence-corrected chi connectivity index (χ1v) is 28.4. The Morgan fingerprint density at radius 1 is 0.523 bits per heavy atom. The zero-order valence-electron chi connectivity index (χ0n) is 50.6. The molecule has 0 bridgehead atoms. The molecule has 88 heavy (non-hydrogen) atoms. The summed E-state index contributed by atoms with van der Waals surface area (Å²) in [6.45, 7) is 13.2. The van der Waals surface area contributed by atoms with Gasteiger partial charge in [-0.3, -0.25) is 24.2 Å². The first kappa shape index (κ1) is 65.9. The van der Waals surface area contributed by atoms with Gasteiger partial charge in [-0.05, 0) is 151 Å². The molecule has 4 aromatic carbocycles. The molecule has 4 amide bonds. The number of carboxylic acid groups (broad SMARTS) is 1. The number of imidazole rings is 2. The second kappa shape index (κ2) is 28.3. The van der Waals surface area contributed by atoms with Crippen LogP contribution in [0.25, 0.3) is 44.8 Å². The number of nitrogens with zero attached hydrogens (tertiary/aromatic N) is 8. The van der Waals surface area contributed by atoms with Crippen LogP contribution in [-0.2, 0) is 9.47 Å². The molecule has 10 rings (SSSR count). The second-order valence-corrected chi connectivity index (χ2v) is 23.0. The Balaban J connectivity index is 0.000000245. The number of nitrogens with two attached hydrogens (primary N) is 2. The molecule has 22 nitrogen and oxygen atoms in total. The third-order valence-electron chi connectivity index (χ3n) is 14.3. The number of likely N-dealkylation sites (tertiary alicyclic amines) is 2. The molecule has 2 atom stereocenters. The van der Waals surface area contributed by atoms with Gasteiger partial charge in [-0.1, -0.05) is 84.9 Å². The first-order valence-electron chi connectivity index (χ1n) is 28.4. The monoisotopic (exact) mass is 1190 g/mol. The SMILES string of the molecule is CC(=O)c1c(-c2ccc(C(=O)Nc3cc(-c4ccccc4)ccn3)cc2)nc([C@@H]2CCCCN2C(=O)OC(C)(C)C)n1N.CC(C)(C)OC(=O)N1CCCC[C@H]1c1nc(-c2ccc(C(=O)Nc3cc(-c4ccccc4)ccn3)cc2)c(C(=O)O)n1N.[Li+].[OH-]. The van der Waals surface area contributed by atoms with Gasteiger partial charge >= 0.3 is 37.0 Å². The van der Waals surface area contributed by atoms with Crippen molar-refractivity contribution in [2.24, 2.45) is 0 Å². The maximum absolute atomic E-state index is 13.1. The number of aromatic nitrogens is 6. The molecule has 2 aliphatic heterocycles. The number of piperidine rings is 2. The maximum atomic E-state index is 13.1. The molecule has 2 saturated heterocycles. The quantitative estimate of drug-likeness (QED) is 0.0433. The van der Waals surface area contributed by atoms with Crippen LogP contribution in [-0.4, -0.2) is 110 Å². The van der Waals surface area contributed by atoms with Crippen LogP contribution in [0.5, 0.6) is 0 Å². The zero-order valence-corrected chi connectivity index (χ0v) is 50.6. The summed E-state index contributed by atoms with van der Waals surface area (Å²) in [5.41, 5.74) is 4.92. The second-order valence-electron chi connectivity index (χ2n) is 23.0. The van der Waals surface area contributed by atoms with Gasteiger partial charge in [0.05, 0.1) is 12.1 Å². The molecule has 23 heteroatoms. The maximum Gasteiger partial charge on any atom is 1.00 e. The van der Waals surface area contributed by atoms with Gasteiger partial charge in [0, 0.05) is 54.7 Å². The Bertz CT molecular complexity index is 3540. The van der Waals surface area contributed by atoms with E-state index in [9.17, 15) is 33.9 Å². The molecule has 4 aromatic heterocycles.